The molecule has 1 aromatic carbocycles. The number of anilines is 1. The molecular formula is C19H31Cl2N3O3. The van der Waals surface area contributed by atoms with Gasteiger partial charge in [0, 0.05) is 52.1 Å². The third-order valence-corrected chi connectivity index (χ3v) is 5.39. The van der Waals surface area contributed by atoms with Gasteiger partial charge in [0.25, 0.3) is 0 Å². The third-order valence-electron chi connectivity index (χ3n) is 5.39. The van der Waals surface area contributed by atoms with Gasteiger partial charge in [-0.05, 0) is 24.5 Å². The summed E-state index contributed by atoms with van der Waals surface area (Å²) in [7, 11) is 1.88. The summed E-state index contributed by atoms with van der Waals surface area (Å²) < 4.78 is 10.9. The number of carbonyl (C=O) groups is 1. The van der Waals surface area contributed by atoms with E-state index in [-0.39, 0.29) is 30.7 Å². The second-order valence-electron chi connectivity index (χ2n) is 6.99. The second-order valence-corrected chi connectivity index (χ2v) is 6.99. The van der Waals surface area contributed by atoms with Crippen LogP contribution < -0.4 is 10.6 Å². The van der Waals surface area contributed by atoms with E-state index in [0.717, 1.165) is 26.3 Å². The van der Waals surface area contributed by atoms with Crippen LogP contribution in [0.2, 0.25) is 0 Å². The highest BCUT2D eigenvalue weighted by molar-refractivity contribution is 5.85. The van der Waals surface area contributed by atoms with Crippen LogP contribution in [0.15, 0.2) is 24.3 Å². The highest BCUT2D eigenvalue weighted by Crippen LogP contribution is 2.32. The number of carbonyl (C=O) groups excluding carboxylic acids is 1. The number of hydrogen-bond donors (Lipinski definition) is 1. The van der Waals surface area contributed by atoms with Crippen LogP contribution in [0.4, 0.5) is 5.69 Å². The molecule has 0 aliphatic carbocycles. The van der Waals surface area contributed by atoms with Gasteiger partial charge < -0.3 is 25.0 Å². The average Bonchev–Trinajstić information content (AvgIpc) is 2.69. The molecule has 2 aliphatic heterocycles. The molecule has 27 heavy (non-hydrogen) atoms. The van der Waals surface area contributed by atoms with Gasteiger partial charge >= 0.3 is 0 Å². The van der Waals surface area contributed by atoms with E-state index in [0.29, 0.717) is 39.1 Å². The zero-order chi connectivity index (χ0) is 17.7. The number of para-hydroxylation sites is 1. The number of morpholine rings is 1. The Hall–Kier alpha value is -1.05. The molecule has 8 heteroatoms. The topological polar surface area (TPSA) is 68.0 Å². The zero-order valence-electron chi connectivity index (χ0n) is 15.9. The number of amides is 1. The van der Waals surface area contributed by atoms with Crippen molar-refractivity contribution in [3.8, 4) is 0 Å². The number of halogens is 2. The molecule has 2 N–H and O–H groups in total. The summed E-state index contributed by atoms with van der Waals surface area (Å²) in [5, 5.41) is 0. The molecule has 0 radical (unpaired) electrons. The maximum atomic E-state index is 13.1. The Labute approximate surface area is 174 Å². The van der Waals surface area contributed by atoms with Crippen LogP contribution in [0.5, 0.6) is 0 Å². The summed E-state index contributed by atoms with van der Waals surface area (Å²) in [6.45, 7) is 5.47. The van der Waals surface area contributed by atoms with Gasteiger partial charge in [-0.15, -0.1) is 24.8 Å². The van der Waals surface area contributed by atoms with Gasteiger partial charge in [-0.25, -0.2) is 0 Å². The van der Waals surface area contributed by atoms with Crippen LogP contribution in [0.1, 0.15) is 18.4 Å². The van der Waals surface area contributed by atoms with E-state index in [1.807, 2.05) is 18.0 Å². The van der Waals surface area contributed by atoms with Crippen molar-refractivity contribution >= 4 is 36.4 Å². The molecule has 154 valence electrons. The normalized spacial score (nSPS) is 18.8. The number of ether oxygens (including phenoxy) is 2. The number of rotatable bonds is 5. The molecule has 0 saturated carbocycles. The summed E-state index contributed by atoms with van der Waals surface area (Å²) >= 11 is 0. The number of benzene rings is 1. The minimum Gasteiger partial charge on any atom is -0.381 e. The summed E-state index contributed by atoms with van der Waals surface area (Å²) in [6, 6.07) is 8.32. The molecule has 0 spiro atoms. The van der Waals surface area contributed by atoms with E-state index in [1.54, 1.807) is 0 Å². The Balaban J connectivity index is 0.00000182. The maximum absolute atomic E-state index is 13.1. The van der Waals surface area contributed by atoms with Gasteiger partial charge in [0.2, 0.25) is 5.91 Å². The molecular weight excluding hydrogens is 389 g/mol. The molecule has 0 bridgehead atoms. The van der Waals surface area contributed by atoms with Crippen molar-refractivity contribution < 1.29 is 14.3 Å². The van der Waals surface area contributed by atoms with Crippen molar-refractivity contribution in [3.05, 3.63) is 29.8 Å². The molecule has 1 amide bonds. The highest BCUT2D eigenvalue weighted by atomic mass is 35.5. The number of nitrogens with zero attached hydrogens (tertiary/aromatic N) is 2. The minimum absolute atomic E-state index is 0. The van der Waals surface area contributed by atoms with Crippen molar-refractivity contribution in [2.75, 3.05) is 58.0 Å². The Kier molecular flexibility index (Phi) is 9.84. The SMILES string of the molecule is CN(Cc1ccccc1N1CCOCC1)C(=O)C1(CN)CCOCC1.Cl.Cl. The molecule has 0 atom stereocenters. The van der Waals surface area contributed by atoms with Crippen LogP contribution in [-0.4, -0.2) is 63.9 Å². The quantitative estimate of drug-likeness (QED) is 0.790. The highest BCUT2D eigenvalue weighted by Gasteiger charge is 2.40. The molecule has 1 aromatic rings. The monoisotopic (exact) mass is 419 g/mol. The Morgan fingerprint density at radius 1 is 1.11 bits per heavy atom. The fourth-order valence-corrected chi connectivity index (χ4v) is 3.76. The lowest BCUT2D eigenvalue weighted by molar-refractivity contribution is -0.146. The van der Waals surface area contributed by atoms with Crippen LogP contribution in [0.3, 0.4) is 0 Å². The van der Waals surface area contributed by atoms with Gasteiger partial charge in [0.1, 0.15) is 0 Å². The van der Waals surface area contributed by atoms with E-state index in [2.05, 4.69) is 23.1 Å². The van der Waals surface area contributed by atoms with Crippen LogP contribution in [0, 0.1) is 5.41 Å². The van der Waals surface area contributed by atoms with Gasteiger partial charge in [-0.3, -0.25) is 4.79 Å². The maximum Gasteiger partial charge on any atom is 0.230 e. The van der Waals surface area contributed by atoms with Crippen molar-refractivity contribution in [3.63, 3.8) is 0 Å². The predicted octanol–water partition coefficient (Wildman–Crippen LogP) is 2.08. The largest absolute Gasteiger partial charge is 0.381 e. The lowest BCUT2D eigenvalue weighted by atomic mass is 9.79. The van der Waals surface area contributed by atoms with Crippen molar-refractivity contribution in [1.82, 2.24) is 4.90 Å². The fourth-order valence-electron chi connectivity index (χ4n) is 3.76. The summed E-state index contributed by atoms with van der Waals surface area (Å²) in [5.74, 6) is 0.134. The molecule has 0 aromatic heterocycles. The van der Waals surface area contributed by atoms with Gasteiger partial charge in [0.05, 0.1) is 18.6 Å². The summed E-state index contributed by atoms with van der Waals surface area (Å²) in [5.41, 5.74) is 7.88. The molecule has 6 nitrogen and oxygen atoms in total. The molecule has 2 aliphatic rings. The molecule has 0 unspecified atom stereocenters. The Morgan fingerprint density at radius 2 is 1.70 bits per heavy atom. The van der Waals surface area contributed by atoms with Crippen LogP contribution >= 0.6 is 24.8 Å². The predicted molar refractivity (Wildman–Crippen MR) is 112 cm³/mol. The smallest absolute Gasteiger partial charge is 0.230 e. The van der Waals surface area contributed by atoms with Crippen LogP contribution in [0.25, 0.3) is 0 Å². The van der Waals surface area contributed by atoms with E-state index < -0.39 is 5.41 Å². The minimum atomic E-state index is -0.471. The summed E-state index contributed by atoms with van der Waals surface area (Å²) in [6.07, 6.45) is 1.41. The van der Waals surface area contributed by atoms with Gasteiger partial charge in [0.15, 0.2) is 0 Å². The average molecular weight is 420 g/mol. The molecule has 2 saturated heterocycles. The lowest BCUT2D eigenvalue weighted by Crippen LogP contribution is -2.49. The first-order valence-electron chi connectivity index (χ1n) is 9.10. The Bertz CT molecular complexity index is 591. The van der Waals surface area contributed by atoms with Gasteiger partial charge in [-0.1, -0.05) is 18.2 Å². The number of nitrogens with two attached hydrogens (primary N) is 1. The molecule has 2 fully saturated rings. The van der Waals surface area contributed by atoms with E-state index in [1.165, 1.54) is 11.3 Å². The van der Waals surface area contributed by atoms with E-state index in [4.69, 9.17) is 15.2 Å². The fraction of sp³-hybridized carbons (Fsp3) is 0.632. The zero-order valence-corrected chi connectivity index (χ0v) is 17.5. The lowest BCUT2D eigenvalue weighted by Gasteiger charge is -2.38. The van der Waals surface area contributed by atoms with E-state index >= 15 is 0 Å². The van der Waals surface area contributed by atoms with Crippen molar-refractivity contribution in [2.24, 2.45) is 11.1 Å². The second kappa shape index (κ2) is 11.1. The molecule has 3 rings (SSSR count). The van der Waals surface area contributed by atoms with E-state index in [9.17, 15) is 4.79 Å². The number of hydrogen-bond acceptors (Lipinski definition) is 5. The standard InChI is InChI=1S/C19H29N3O3.2ClH/c1-21(18(23)19(15-20)6-10-24-11-7-19)14-16-4-2-3-5-17(16)22-8-12-25-13-9-22;;/h2-5H,6-15,20H2,1H3;2*1H. The van der Waals surface area contributed by atoms with Crippen molar-refractivity contribution in [1.29, 1.82) is 0 Å². The van der Waals surface area contributed by atoms with Crippen LogP contribution in [-0.2, 0) is 20.8 Å². The van der Waals surface area contributed by atoms with Crippen molar-refractivity contribution in [2.45, 2.75) is 19.4 Å². The Morgan fingerprint density at radius 3 is 2.33 bits per heavy atom. The van der Waals surface area contributed by atoms with Gasteiger partial charge in [-0.2, -0.15) is 0 Å². The third kappa shape index (κ3) is 5.48. The first-order chi connectivity index (χ1) is 12.2. The summed E-state index contributed by atoms with van der Waals surface area (Å²) in [4.78, 5) is 17.3. The molecule has 2 heterocycles. The first-order valence-corrected chi connectivity index (χ1v) is 9.10. The first kappa shape index (κ1) is 24.0.